The Labute approximate surface area is 166 Å². The molecule has 1 heterocycles. The molecule has 0 radical (unpaired) electrons. The molecule has 3 aliphatic rings. The van der Waals surface area contributed by atoms with Crippen molar-refractivity contribution in [3.8, 4) is 11.5 Å². The zero-order valence-electron chi connectivity index (χ0n) is 16.9. The maximum Gasteiger partial charge on any atom is 0.261 e. The van der Waals surface area contributed by atoms with Gasteiger partial charge in [0, 0.05) is 13.1 Å². The van der Waals surface area contributed by atoms with Crippen molar-refractivity contribution in [1.29, 1.82) is 0 Å². The van der Waals surface area contributed by atoms with Gasteiger partial charge in [0.05, 0.1) is 19.8 Å². The quantitative estimate of drug-likeness (QED) is 0.780. The molecule has 0 bridgehead atoms. The standard InChI is InChI=1S/C22H30N2O4/c1-27-17-7-6-8-18(28-2)20(17)21(26)23-14-19(25)24(13-16-9-10-16)22(15-23)11-4-3-5-12-22/h6-8,16H,3-5,9-15H2,1-2H3. The lowest BCUT2D eigenvalue weighted by atomic mass is 9.78. The molecule has 1 aromatic rings. The van der Waals surface area contributed by atoms with E-state index in [9.17, 15) is 9.59 Å². The van der Waals surface area contributed by atoms with Gasteiger partial charge in [-0.2, -0.15) is 0 Å². The third-order valence-corrected chi connectivity index (χ3v) is 6.54. The van der Waals surface area contributed by atoms with E-state index in [0.29, 0.717) is 29.5 Å². The summed E-state index contributed by atoms with van der Waals surface area (Å²) in [4.78, 5) is 30.5. The molecule has 28 heavy (non-hydrogen) atoms. The van der Waals surface area contributed by atoms with Gasteiger partial charge in [-0.1, -0.05) is 25.3 Å². The van der Waals surface area contributed by atoms with E-state index in [-0.39, 0.29) is 23.9 Å². The summed E-state index contributed by atoms with van der Waals surface area (Å²) in [6.07, 6.45) is 7.86. The second-order valence-electron chi connectivity index (χ2n) is 8.43. The van der Waals surface area contributed by atoms with Crippen LogP contribution in [-0.4, -0.2) is 61.0 Å². The Morgan fingerprint density at radius 2 is 1.75 bits per heavy atom. The molecule has 0 unspecified atom stereocenters. The van der Waals surface area contributed by atoms with Crippen LogP contribution in [0.2, 0.25) is 0 Å². The molecule has 4 rings (SSSR count). The number of hydrogen-bond donors (Lipinski definition) is 0. The molecule has 0 N–H and O–H groups in total. The lowest BCUT2D eigenvalue weighted by Gasteiger charge is -2.52. The second-order valence-corrected chi connectivity index (χ2v) is 8.43. The maximum absolute atomic E-state index is 13.5. The highest BCUT2D eigenvalue weighted by atomic mass is 16.5. The van der Waals surface area contributed by atoms with Crippen molar-refractivity contribution in [3.63, 3.8) is 0 Å². The van der Waals surface area contributed by atoms with Crippen LogP contribution in [0.4, 0.5) is 0 Å². The number of carbonyl (C=O) groups is 2. The summed E-state index contributed by atoms with van der Waals surface area (Å²) in [5.41, 5.74) is 0.197. The Bertz CT molecular complexity index is 731. The van der Waals surface area contributed by atoms with Crippen molar-refractivity contribution in [2.24, 2.45) is 5.92 Å². The summed E-state index contributed by atoms with van der Waals surface area (Å²) in [6, 6.07) is 5.32. The van der Waals surface area contributed by atoms with Crippen molar-refractivity contribution in [1.82, 2.24) is 9.80 Å². The van der Waals surface area contributed by atoms with Crippen LogP contribution in [0.3, 0.4) is 0 Å². The predicted molar refractivity (Wildman–Crippen MR) is 106 cm³/mol. The van der Waals surface area contributed by atoms with E-state index in [1.807, 2.05) is 0 Å². The number of piperazine rings is 1. The normalized spacial score (nSPS) is 21.7. The molecule has 2 saturated carbocycles. The molecule has 2 amide bonds. The summed E-state index contributed by atoms with van der Waals surface area (Å²) >= 11 is 0. The van der Waals surface area contributed by atoms with E-state index < -0.39 is 0 Å². The van der Waals surface area contributed by atoms with Crippen LogP contribution < -0.4 is 9.47 Å². The number of carbonyl (C=O) groups excluding carboxylic acids is 2. The third-order valence-electron chi connectivity index (χ3n) is 6.54. The Balaban J connectivity index is 1.64. The maximum atomic E-state index is 13.5. The number of rotatable bonds is 5. The molecule has 6 nitrogen and oxygen atoms in total. The fourth-order valence-electron chi connectivity index (χ4n) is 4.87. The third kappa shape index (κ3) is 3.45. The van der Waals surface area contributed by atoms with Crippen LogP contribution >= 0.6 is 0 Å². The van der Waals surface area contributed by atoms with Crippen molar-refractivity contribution in [2.45, 2.75) is 50.5 Å². The van der Waals surface area contributed by atoms with Gasteiger partial charge in [-0.3, -0.25) is 9.59 Å². The van der Waals surface area contributed by atoms with Gasteiger partial charge in [-0.05, 0) is 43.7 Å². The highest BCUT2D eigenvalue weighted by molar-refractivity contribution is 6.01. The Morgan fingerprint density at radius 3 is 2.32 bits per heavy atom. The Hall–Kier alpha value is -2.24. The molecule has 2 aliphatic carbocycles. The van der Waals surface area contributed by atoms with E-state index in [1.165, 1.54) is 19.3 Å². The van der Waals surface area contributed by atoms with Gasteiger partial charge in [-0.15, -0.1) is 0 Å². The van der Waals surface area contributed by atoms with Gasteiger partial charge in [0.15, 0.2) is 0 Å². The summed E-state index contributed by atoms with van der Waals surface area (Å²) in [6.45, 7) is 1.60. The molecule has 1 aliphatic heterocycles. The van der Waals surface area contributed by atoms with Gasteiger partial charge in [0.2, 0.25) is 5.91 Å². The molecule has 152 valence electrons. The van der Waals surface area contributed by atoms with E-state index in [0.717, 1.165) is 32.2 Å². The van der Waals surface area contributed by atoms with Crippen LogP contribution in [0.15, 0.2) is 18.2 Å². The number of amides is 2. The molecule has 1 spiro atoms. The summed E-state index contributed by atoms with van der Waals surface area (Å²) in [5, 5.41) is 0. The van der Waals surface area contributed by atoms with Crippen LogP contribution in [0.5, 0.6) is 11.5 Å². The van der Waals surface area contributed by atoms with Gasteiger partial charge in [0.1, 0.15) is 23.6 Å². The minimum atomic E-state index is -0.207. The van der Waals surface area contributed by atoms with Gasteiger partial charge < -0.3 is 19.3 Å². The molecule has 3 fully saturated rings. The minimum absolute atomic E-state index is 0.0854. The summed E-state index contributed by atoms with van der Waals surface area (Å²) in [7, 11) is 3.10. The van der Waals surface area contributed by atoms with Crippen LogP contribution in [0.1, 0.15) is 55.3 Å². The van der Waals surface area contributed by atoms with Crippen LogP contribution in [0.25, 0.3) is 0 Å². The van der Waals surface area contributed by atoms with Crippen LogP contribution in [-0.2, 0) is 4.79 Å². The predicted octanol–water partition coefficient (Wildman–Crippen LogP) is 3.10. The Kier molecular flexibility index (Phi) is 5.21. The average Bonchev–Trinajstić information content (AvgIpc) is 3.54. The lowest BCUT2D eigenvalue weighted by molar-refractivity contribution is -0.147. The molecule has 1 aromatic carbocycles. The molecule has 0 atom stereocenters. The molecular weight excluding hydrogens is 356 g/mol. The first-order valence-electron chi connectivity index (χ1n) is 10.4. The van der Waals surface area contributed by atoms with Gasteiger partial charge in [-0.25, -0.2) is 0 Å². The fraction of sp³-hybridized carbons (Fsp3) is 0.636. The van der Waals surface area contributed by atoms with E-state index in [4.69, 9.17) is 9.47 Å². The lowest BCUT2D eigenvalue weighted by Crippen LogP contribution is -2.66. The first kappa shape index (κ1) is 19.1. The number of hydrogen-bond acceptors (Lipinski definition) is 4. The molecule has 0 aromatic heterocycles. The van der Waals surface area contributed by atoms with E-state index in [1.54, 1.807) is 37.3 Å². The van der Waals surface area contributed by atoms with E-state index >= 15 is 0 Å². The van der Waals surface area contributed by atoms with Crippen molar-refractivity contribution in [2.75, 3.05) is 33.9 Å². The zero-order chi connectivity index (χ0) is 19.7. The molecular formula is C22H30N2O4. The highest BCUT2D eigenvalue weighted by Gasteiger charge is 2.48. The number of ether oxygens (including phenoxy) is 2. The van der Waals surface area contributed by atoms with Crippen molar-refractivity contribution in [3.05, 3.63) is 23.8 Å². The number of nitrogens with zero attached hydrogens (tertiary/aromatic N) is 2. The number of benzene rings is 1. The van der Waals surface area contributed by atoms with Gasteiger partial charge >= 0.3 is 0 Å². The summed E-state index contributed by atoms with van der Waals surface area (Å²) in [5.74, 6) is 1.52. The first-order chi connectivity index (χ1) is 13.6. The monoisotopic (exact) mass is 386 g/mol. The Morgan fingerprint density at radius 1 is 1.11 bits per heavy atom. The SMILES string of the molecule is COc1cccc(OC)c1C(=O)N1CC(=O)N(CC2CC2)C2(CCCCC2)C1. The van der Waals surface area contributed by atoms with Gasteiger partial charge in [0.25, 0.3) is 5.91 Å². The largest absolute Gasteiger partial charge is 0.496 e. The smallest absolute Gasteiger partial charge is 0.261 e. The molecule has 6 heteroatoms. The highest BCUT2D eigenvalue weighted by Crippen LogP contribution is 2.41. The van der Waals surface area contributed by atoms with Crippen LogP contribution in [0, 0.1) is 5.92 Å². The van der Waals surface area contributed by atoms with Crippen molar-refractivity contribution >= 4 is 11.8 Å². The topological polar surface area (TPSA) is 59.1 Å². The molecule has 1 saturated heterocycles. The average molecular weight is 386 g/mol. The fourth-order valence-corrected chi connectivity index (χ4v) is 4.87. The zero-order valence-corrected chi connectivity index (χ0v) is 16.9. The first-order valence-corrected chi connectivity index (χ1v) is 10.4. The number of methoxy groups -OCH3 is 2. The summed E-state index contributed by atoms with van der Waals surface area (Å²) < 4.78 is 10.8. The minimum Gasteiger partial charge on any atom is -0.496 e. The second kappa shape index (κ2) is 7.64. The van der Waals surface area contributed by atoms with E-state index in [2.05, 4.69) is 4.90 Å². The van der Waals surface area contributed by atoms with Crippen molar-refractivity contribution < 1.29 is 19.1 Å².